The fourth-order valence-corrected chi connectivity index (χ4v) is 4.15. The standard InChI is InChI=1S/C26H20F4N4O/c1-14-13-31-20-11-10-15(27)12-18(20)22(14)32-25-17-7-5-9-21(35-2)23(17)33-24(34-25)16-6-3-4-8-19(16)26(28,29)30/h3-12,31H,13H2,1-2H3,(H,32,33,34). The van der Waals surface area contributed by atoms with Gasteiger partial charge in [0.25, 0.3) is 0 Å². The van der Waals surface area contributed by atoms with Gasteiger partial charge in [0.1, 0.15) is 22.9 Å². The third kappa shape index (κ3) is 4.14. The molecule has 0 saturated heterocycles. The van der Waals surface area contributed by atoms with Crippen LogP contribution >= 0.6 is 0 Å². The second kappa shape index (κ2) is 8.57. The number of methoxy groups -OCH3 is 1. The van der Waals surface area contributed by atoms with Crippen molar-refractivity contribution in [1.82, 2.24) is 9.97 Å². The highest BCUT2D eigenvalue weighted by molar-refractivity contribution is 5.99. The molecule has 178 valence electrons. The van der Waals surface area contributed by atoms with E-state index >= 15 is 0 Å². The molecule has 9 heteroatoms. The third-order valence-electron chi connectivity index (χ3n) is 5.85. The normalized spacial score (nSPS) is 13.4. The Morgan fingerprint density at radius 3 is 2.54 bits per heavy atom. The molecule has 5 rings (SSSR count). The van der Waals surface area contributed by atoms with E-state index in [-0.39, 0.29) is 17.2 Å². The lowest BCUT2D eigenvalue weighted by Crippen LogP contribution is -2.17. The zero-order valence-electron chi connectivity index (χ0n) is 18.8. The molecule has 0 unspecified atom stereocenters. The molecule has 35 heavy (non-hydrogen) atoms. The zero-order chi connectivity index (χ0) is 24.7. The Morgan fingerprint density at radius 2 is 1.77 bits per heavy atom. The number of anilines is 2. The smallest absolute Gasteiger partial charge is 0.417 e. The van der Waals surface area contributed by atoms with E-state index in [1.807, 2.05) is 6.92 Å². The monoisotopic (exact) mass is 480 g/mol. The average Bonchev–Trinajstić information content (AvgIpc) is 2.84. The van der Waals surface area contributed by atoms with Crippen LogP contribution in [0.2, 0.25) is 0 Å². The van der Waals surface area contributed by atoms with Crippen molar-refractivity contribution < 1.29 is 22.3 Å². The first-order valence-corrected chi connectivity index (χ1v) is 10.8. The van der Waals surface area contributed by atoms with Gasteiger partial charge in [-0.25, -0.2) is 14.4 Å². The number of nitrogens with one attached hydrogen (secondary N) is 2. The molecule has 0 fully saturated rings. The van der Waals surface area contributed by atoms with Crippen molar-refractivity contribution in [1.29, 1.82) is 0 Å². The molecular formula is C26H20F4N4O. The van der Waals surface area contributed by atoms with E-state index in [1.54, 1.807) is 24.3 Å². The predicted octanol–water partition coefficient (Wildman–Crippen LogP) is 6.73. The molecule has 1 aromatic heterocycles. The Bertz CT molecular complexity index is 1480. The summed E-state index contributed by atoms with van der Waals surface area (Å²) in [6, 6.07) is 14.7. The number of nitrogens with zero attached hydrogens (tertiary/aromatic N) is 2. The van der Waals surface area contributed by atoms with Crippen molar-refractivity contribution in [2.45, 2.75) is 13.1 Å². The van der Waals surface area contributed by atoms with Gasteiger partial charge in [-0.1, -0.05) is 24.3 Å². The van der Waals surface area contributed by atoms with Crippen LogP contribution in [-0.2, 0) is 6.18 Å². The Hall–Kier alpha value is -4.14. The van der Waals surface area contributed by atoms with Crippen LogP contribution in [0.3, 0.4) is 0 Å². The van der Waals surface area contributed by atoms with Crippen LogP contribution in [-0.4, -0.2) is 23.6 Å². The van der Waals surface area contributed by atoms with Crippen molar-refractivity contribution in [3.8, 4) is 17.1 Å². The maximum atomic E-state index is 14.1. The Morgan fingerprint density at radius 1 is 0.971 bits per heavy atom. The van der Waals surface area contributed by atoms with Gasteiger partial charge in [-0.15, -0.1) is 0 Å². The average molecular weight is 480 g/mol. The lowest BCUT2D eigenvalue weighted by Gasteiger charge is -2.25. The fourth-order valence-electron chi connectivity index (χ4n) is 4.15. The van der Waals surface area contributed by atoms with E-state index < -0.39 is 17.6 Å². The van der Waals surface area contributed by atoms with Gasteiger partial charge in [0.15, 0.2) is 5.82 Å². The maximum absolute atomic E-state index is 14.1. The fraction of sp³-hybridized carbons (Fsp3) is 0.154. The van der Waals surface area contributed by atoms with Crippen molar-refractivity contribution in [3.63, 3.8) is 0 Å². The van der Waals surface area contributed by atoms with Crippen LogP contribution in [0.1, 0.15) is 18.1 Å². The van der Waals surface area contributed by atoms with Gasteiger partial charge in [-0.3, -0.25) is 0 Å². The molecule has 0 spiro atoms. The van der Waals surface area contributed by atoms with Crippen LogP contribution in [0.4, 0.5) is 29.1 Å². The minimum absolute atomic E-state index is 0.107. The topological polar surface area (TPSA) is 59.1 Å². The van der Waals surface area contributed by atoms with E-state index in [4.69, 9.17) is 4.74 Å². The summed E-state index contributed by atoms with van der Waals surface area (Å²) >= 11 is 0. The lowest BCUT2D eigenvalue weighted by atomic mass is 10.0. The number of hydrogen-bond donors (Lipinski definition) is 2. The number of alkyl halides is 3. The molecule has 0 radical (unpaired) electrons. The summed E-state index contributed by atoms with van der Waals surface area (Å²) in [5.41, 5.74) is 2.19. The van der Waals surface area contributed by atoms with Gasteiger partial charge in [0.2, 0.25) is 0 Å². The maximum Gasteiger partial charge on any atom is 0.417 e. The largest absolute Gasteiger partial charge is 0.494 e. The molecule has 3 aromatic carbocycles. The molecule has 0 atom stereocenters. The van der Waals surface area contributed by atoms with Crippen LogP contribution in [0.15, 0.2) is 66.2 Å². The van der Waals surface area contributed by atoms with Gasteiger partial charge in [0, 0.05) is 34.4 Å². The molecule has 0 amide bonds. The van der Waals surface area contributed by atoms with E-state index in [1.165, 1.54) is 37.4 Å². The molecule has 2 heterocycles. The van der Waals surface area contributed by atoms with Gasteiger partial charge < -0.3 is 15.4 Å². The zero-order valence-corrected chi connectivity index (χ0v) is 18.8. The minimum Gasteiger partial charge on any atom is -0.494 e. The van der Waals surface area contributed by atoms with Crippen LogP contribution in [0.25, 0.3) is 28.0 Å². The first-order valence-electron chi connectivity index (χ1n) is 10.8. The molecular weight excluding hydrogens is 460 g/mol. The summed E-state index contributed by atoms with van der Waals surface area (Å²) in [6.07, 6.45) is -4.59. The highest BCUT2D eigenvalue weighted by atomic mass is 19.4. The second-order valence-electron chi connectivity index (χ2n) is 8.12. The van der Waals surface area contributed by atoms with Gasteiger partial charge in [-0.05, 0) is 48.9 Å². The minimum atomic E-state index is -4.59. The molecule has 5 nitrogen and oxygen atoms in total. The van der Waals surface area contributed by atoms with Crippen LogP contribution < -0.4 is 15.4 Å². The number of para-hydroxylation sites is 1. The van der Waals surface area contributed by atoms with Crippen molar-refractivity contribution in [3.05, 3.63) is 83.2 Å². The van der Waals surface area contributed by atoms with Crippen molar-refractivity contribution >= 4 is 28.1 Å². The summed E-state index contributed by atoms with van der Waals surface area (Å²) in [5, 5.41) is 7.04. The van der Waals surface area contributed by atoms with Crippen molar-refractivity contribution in [2.24, 2.45) is 0 Å². The van der Waals surface area contributed by atoms with E-state index in [0.717, 1.165) is 17.3 Å². The quantitative estimate of drug-likeness (QED) is 0.317. The first-order chi connectivity index (χ1) is 16.8. The number of hydrogen-bond acceptors (Lipinski definition) is 5. The highest BCUT2D eigenvalue weighted by Gasteiger charge is 2.34. The number of halogens is 4. The summed E-state index contributed by atoms with van der Waals surface area (Å²) in [6.45, 7) is 2.39. The molecule has 0 saturated carbocycles. The van der Waals surface area contributed by atoms with Gasteiger partial charge in [0.05, 0.1) is 12.7 Å². The first kappa shape index (κ1) is 22.6. The highest BCUT2D eigenvalue weighted by Crippen LogP contribution is 2.39. The molecule has 0 bridgehead atoms. The van der Waals surface area contributed by atoms with Gasteiger partial charge in [-0.2, -0.15) is 13.2 Å². The predicted molar refractivity (Wildman–Crippen MR) is 128 cm³/mol. The SMILES string of the molecule is COc1cccc2c(NC3=C(C)CNc4ccc(F)cc43)nc(-c3ccccc3C(F)(F)F)nc12. The number of fused-ring (bicyclic) bond motifs is 2. The summed E-state index contributed by atoms with van der Waals surface area (Å²) in [5.74, 6) is 0.158. The summed E-state index contributed by atoms with van der Waals surface area (Å²) < 4.78 is 60.9. The number of aromatic nitrogens is 2. The molecule has 4 aromatic rings. The van der Waals surface area contributed by atoms with E-state index in [2.05, 4.69) is 20.6 Å². The molecule has 2 N–H and O–H groups in total. The van der Waals surface area contributed by atoms with Crippen LogP contribution in [0, 0.1) is 5.82 Å². The number of rotatable bonds is 4. The molecule has 1 aliphatic heterocycles. The Kier molecular flexibility index (Phi) is 5.55. The van der Waals surface area contributed by atoms with E-state index in [0.29, 0.717) is 34.5 Å². The second-order valence-corrected chi connectivity index (χ2v) is 8.12. The van der Waals surface area contributed by atoms with E-state index in [9.17, 15) is 17.6 Å². The Labute approximate surface area is 198 Å². The third-order valence-corrected chi connectivity index (χ3v) is 5.85. The molecule has 1 aliphatic rings. The van der Waals surface area contributed by atoms with Crippen LogP contribution in [0.5, 0.6) is 5.75 Å². The number of ether oxygens (including phenoxy) is 1. The summed E-state index contributed by atoms with van der Waals surface area (Å²) in [7, 11) is 1.46. The summed E-state index contributed by atoms with van der Waals surface area (Å²) in [4.78, 5) is 8.98. The van der Waals surface area contributed by atoms with Gasteiger partial charge >= 0.3 is 6.18 Å². The Balaban J connectivity index is 1.74. The lowest BCUT2D eigenvalue weighted by molar-refractivity contribution is -0.137. The number of benzene rings is 3. The molecule has 0 aliphatic carbocycles. The van der Waals surface area contributed by atoms with Crippen molar-refractivity contribution in [2.75, 3.05) is 24.3 Å².